The van der Waals surface area contributed by atoms with Crippen molar-refractivity contribution in [2.75, 3.05) is 12.4 Å². The molecule has 0 bridgehead atoms. The molecule has 108 valence electrons. The van der Waals surface area contributed by atoms with Crippen LogP contribution in [-0.2, 0) is 6.54 Å². The maximum Gasteiger partial charge on any atom is 0.150 e. The number of halogens is 3. The summed E-state index contributed by atoms with van der Waals surface area (Å²) >= 11 is 3.11. The topological polar surface area (TPSA) is 45.0 Å². The number of rotatable bonds is 4. The number of methoxy groups -OCH3 is 1. The minimum Gasteiger partial charge on any atom is -0.495 e. The minimum absolute atomic E-state index is 0.180. The van der Waals surface area contributed by atoms with Crippen molar-refractivity contribution in [1.82, 2.24) is 0 Å². The number of hydrogen-bond donors (Lipinski definition) is 1. The highest BCUT2D eigenvalue weighted by Gasteiger charge is 2.10. The number of nitrogens with zero attached hydrogens (tertiary/aromatic N) is 1. The van der Waals surface area contributed by atoms with Crippen LogP contribution in [-0.4, -0.2) is 7.11 Å². The Morgan fingerprint density at radius 1 is 1.29 bits per heavy atom. The first-order valence-electron chi connectivity index (χ1n) is 6.00. The molecule has 0 spiro atoms. The predicted octanol–water partition coefficient (Wildman–Crippen LogP) is 4.22. The molecule has 0 saturated heterocycles. The van der Waals surface area contributed by atoms with Gasteiger partial charge in [-0.15, -0.1) is 0 Å². The molecule has 0 unspecified atom stereocenters. The lowest BCUT2D eigenvalue weighted by Crippen LogP contribution is -2.03. The van der Waals surface area contributed by atoms with Gasteiger partial charge in [0, 0.05) is 17.1 Å². The molecule has 0 aliphatic carbocycles. The third-order valence-corrected chi connectivity index (χ3v) is 3.49. The lowest BCUT2D eigenvalue weighted by Gasteiger charge is -2.11. The summed E-state index contributed by atoms with van der Waals surface area (Å²) in [6.07, 6.45) is 0. The van der Waals surface area contributed by atoms with Gasteiger partial charge in [0.1, 0.15) is 23.5 Å². The fourth-order valence-electron chi connectivity index (χ4n) is 1.84. The standard InChI is InChI=1S/C15H11BrF2N2O/c1-21-14-4-9(2-3-10(14)7-19)8-20-15-12(16)5-11(17)6-13(15)18/h2-6,20H,8H2,1H3. The average Bonchev–Trinajstić information content (AvgIpc) is 2.45. The van der Waals surface area contributed by atoms with Gasteiger partial charge >= 0.3 is 0 Å². The summed E-state index contributed by atoms with van der Waals surface area (Å²) < 4.78 is 32.1. The first kappa shape index (κ1) is 15.3. The van der Waals surface area contributed by atoms with Crippen molar-refractivity contribution in [3.05, 3.63) is 57.6 Å². The van der Waals surface area contributed by atoms with Gasteiger partial charge in [0.15, 0.2) is 0 Å². The van der Waals surface area contributed by atoms with Gasteiger partial charge < -0.3 is 10.1 Å². The normalized spacial score (nSPS) is 10.0. The van der Waals surface area contributed by atoms with Gasteiger partial charge in [-0.05, 0) is 39.7 Å². The molecule has 0 amide bonds. The highest BCUT2D eigenvalue weighted by molar-refractivity contribution is 9.10. The van der Waals surface area contributed by atoms with Gasteiger partial charge in [-0.1, -0.05) is 6.07 Å². The first-order valence-corrected chi connectivity index (χ1v) is 6.80. The van der Waals surface area contributed by atoms with Gasteiger partial charge in [0.25, 0.3) is 0 Å². The Kier molecular flexibility index (Phi) is 4.76. The molecule has 0 aliphatic heterocycles. The maximum absolute atomic E-state index is 13.7. The van der Waals surface area contributed by atoms with E-state index in [9.17, 15) is 8.78 Å². The molecular formula is C15H11BrF2N2O. The molecule has 0 radical (unpaired) electrons. The lowest BCUT2D eigenvalue weighted by atomic mass is 10.1. The first-order chi connectivity index (χ1) is 10.0. The third-order valence-electron chi connectivity index (χ3n) is 2.86. The molecule has 0 aliphatic rings. The van der Waals surface area contributed by atoms with Crippen molar-refractivity contribution in [2.24, 2.45) is 0 Å². The number of ether oxygens (including phenoxy) is 1. The van der Waals surface area contributed by atoms with Crippen molar-refractivity contribution in [3.8, 4) is 11.8 Å². The molecule has 0 fully saturated rings. The van der Waals surface area contributed by atoms with Crippen LogP contribution in [0.15, 0.2) is 34.8 Å². The van der Waals surface area contributed by atoms with Gasteiger partial charge in [0.2, 0.25) is 0 Å². The van der Waals surface area contributed by atoms with E-state index in [1.807, 2.05) is 6.07 Å². The molecule has 21 heavy (non-hydrogen) atoms. The fraction of sp³-hybridized carbons (Fsp3) is 0.133. The Hall–Kier alpha value is -2.13. The number of anilines is 1. The van der Waals surface area contributed by atoms with Crippen molar-refractivity contribution >= 4 is 21.6 Å². The molecule has 0 heterocycles. The Balaban J connectivity index is 2.19. The second-order valence-electron chi connectivity index (χ2n) is 4.24. The Morgan fingerprint density at radius 2 is 2.05 bits per heavy atom. The van der Waals surface area contributed by atoms with E-state index >= 15 is 0 Å². The smallest absolute Gasteiger partial charge is 0.150 e. The van der Waals surface area contributed by atoms with E-state index in [1.54, 1.807) is 18.2 Å². The summed E-state index contributed by atoms with van der Waals surface area (Å²) in [6, 6.07) is 9.08. The predicted molar refractivity (Wildman–Crippen MR) is 79.1 cm³/mol. The quantitative estimate of drug-likeness (QED) is 0.895. The largest absolute Gasteiger partial charge is 0.495 e. The summed E-state index contributed by atoms with van der Waals surface area (Å²) in [5.74, 6) is -0.872. The summed E-state index contributed by atoms with van der Waals surface area (Å²) in [5, 5.41) is 11.8. The molecular weight excluding hydrogens is 342 g/mol. The van der Waals surface area contributed by atoms with Crippen molar-refractivity contribution < 1.29 is 13.5 Å². The van der Waals surface area contributed by atoms with Gasteiger partial charge in [0.05, 0.1) is 18.4 Å². The molecule has 2 rings (SSSR count). The summed E-state index contributed by atoms with van der Waals surface area (Å²) in [4.78, 5) is 0. The summed E-state index contributed by atoms with van der Waals surface area (Å²) in [5.41, 5.74) is 1.41. The van der Waals surface area contributed by atoms with Gasteiger partial charge in [-0.3, -0.25) is 0 Å². The SMILES string of the molecule is COc1cc(CNc2c(F)cc(F)cc2Br)ccc1C#N. The van der Waals surface area contributed by atoms with Crippen LogP contribution in [0.5, 0.6) is 5.75 Å². The Labute approximate surface area is 129 Å². The molecule has 3 nitrogen and oxygen atoms in total. The van der Waals surface area contributed by atoms with Gasteiger partial charge in [-0.25, -0.2) is 8.78 Å². The highest BCUT2D eigenvalue weighted by atomic mass is 79.9. The maximum atomic E-state index is 13.7. The van der Waals surface area contributed by atoms with Crippen molar-refractivity contribution in [2.45, 2.75) is 6.54 Å². The third kappa shape index (κ3) is 3.50. The number of benzene rings is 2. The van der Waals surface area contributed by atoms with Gasteiger partial charge in [-0.2, -0.15) is 5.26 Å². The summed E-state index contributed by atoms with van der Waals surface area (Å²) in [6.45, 7) is 0.309. The van der Waals surface area contributed by atoms with E-state index < -0.39 is 11.6 Å². The van der Waals surface area contributed by atoms with Crippen molar-refractivity contribution in [1.29, 1.82) is 5.26 Å². The van der Waals surface area contributed by atoms with Crippen LogP contribution >= 0.6 is 15.9 Å². The van der Waals surface area contributed by atoms with Crippen LogP contribution in [0.4, 0.5) is 14.5 Å². The molecule has 2 aromatic rings. The number of nitriles is 1. The zero-order valence-corrected chi connectivity index (χ0v) is 12.7. The molecule has 6 heteroatoms. The van der Waals surface area contributed by atoms with Crippen LogP contribution in [0, 0.1) is 23.0 Å². The monoisotopic (exact) mass is 352 g/mol. The molecule has 1 N–H and O–H groups in total. The van der Waals surface area contributed by atoms with E-state index in [4.69, 9.17) is 10.00 Å². The summed E-state index contributed by atoms with van der Waals surface area (Å²) in [7, 11) is 1.48. The van der Waals surface area contributed by atoms with Crippen LogP contribution in [0.3, 0.4) is 0 Å². The highest BCUT2D eigenvalue weighted by Crippen LogP contribution is 2.28. The number of hydrogen-bond acceptors (Lipinski definition) is 3. The molecule has 0 aromatic heterocycles. The lowest BCUT2D eigenvalue weighted by molar-refractivity contribution is 0.413. The zero-order valence-electron chi connectivity index (χ0n) is 11.1. The van der Waals surface area contributed by atoms with Crippen LogP contribution in [0.25, 0.3) is 0 Å². The fourth-order valence-corrected chi connectivity index (χ4v) is 2.39. The van der Waals surface area contributed by atoms with E-state index in [-0.39, 0.29) is 5.69 Å². The second kappa shape index (κ2) is 6.55. The average molecular weight is 353 g/mol. The van der Waals surface area contributed by atoms with Crippen LogP contribution < -0.4 is 10.1 Å². The van der Waals surface area contributed by atoms with Crippen LogP contribution in [0.1, 0.15) is 11.1 Å². The minimum atomic E-state index is -0.678. The zero-order chi connectivity index (χ0) is 15.4. The molecule has 0 atom stereocenters. The second-order valence-corrected chi connectivity index (χ2v) is 5.10. The molecule has 0 saturated carbocycles. The van der Waals surface area contributed by atoms with E-state index in [1.165, 1.54) is 13.2 Å². The molecule has 2 aromatic carbocycles. The number of nitrogens with one attached hydrogen (secondary N) is 1. The Bertz CT molecular complexity index is 690. The van der Waals surface area contributed by atoms with Crippen LogP contribution in [0.2, 0.25) is 0 Å². The Morgan fingerprint density at radius 3 is 2.67 bits per heavy atom. The van der Waals surface area contributed by atoms with E-state index in [0.717, 1.165) is 11.6 Å². The van der Waals surface area contributed by atoms with E-state index in [2.05, 4.69) is 21.2 Å². The van der Waals surface area contributed by atoms with Crippen molar-refractivity contribution in [3.63, 3.8) is 0 Å². The van der Waals surface area contributed by atoms with E-state index in [0.29, 0.717) is 22.3 Å².